The molecule has 2 aromatic rings. The highest BCUT2D eigenvalue weighted by molar-refractivity contribution is 7.13. The van der Waals surface area contributed by atoms with Crippen molar-refractivity contribution in [2.24, 2.45) is 5.10 Å². The normalized spacial score (nSPS) is 11.5. The zero-order valence-electron chi connectivity index (χ0n) is 14.2. The Labute approximate surface area is 143 Å². The summed E-state index contributed by atoms with van der Waals surface area (Å²) in [6, 6.07) is 8.55. The highest BCUT2D eigenvalue weighted by atomic mass is 32.1. The number of benzene rings is 1. The molecule has 1 aromatic carbocycles. The monoisotopic (exact) mass is 330 g/mol. The maximum Gasteiger partial charge on any atom is 0.203 e. The molecule has 0 spiro atoms. The van der Waals surface area contributed by atoms with Crippen LogP contribution < -0.4 is 5.43 Å². The summed E-state index contributed by atoms with van der Waals surface area (Å²) in [6.45, 7) is 9.69. The third-order valence-electron chi connectivity index (χ3n) is 3.63. The summed E-state index contributed by atoms with van der Waals surface area (Å²) in [5, 5.41) is 7.11. The Bertz CT molecular complexity index is 621. The Morgan fingerprint density at radius 1 is 1.35 bits per heavy atom. The minimum absolute atomic E-state index is 0.826. The molecule has 2 rings (SSSR count). The molecule has 4 nitrogen and oxygen atoms in total. The van der Waals surface area contributed by atoms with Gasteiger partial charge < -0.3 is 0 Å². The number of aryl methyl sites for hydroxylation is 1. The van der Waals surface area contributed by atoms with Crippen LogP contribution in [-0.2, 0) is 6.54 Å². The number of thiazole rings is 1. The average molecular weight is 331 g/mol. The molecule has 1 heterocycles. The van der Waals surface area contributed by atoms with Gasteiger partial charge in [-0.15, -0.1) is 11.3 Å². The first kappa shape index (κ1) is 17.6. The molecule has 124 valence electrons. The second-order valence-electron chi connectivity index (χ2n) is 5.63. The summed E-state index contributed by atoms with van der Waals surface area (Å²) >= 11 is 1.56. The van der Waals surface area contributed by atoms with Crippen LogP contribution in [0.4, 0.5) is 5.13 Å². The summed E-state index contributed by atoms with van der Waals surface area (Å²) < 4.78 is 0. The average Bonchev–Trinajstić information content (AvgIpc) is 2.97. The molecule has 0 saturated heterocycles. The van der Waals surface area contributed by atoms with Crippen molar-refractivity contribution in [1.82, 2.24) is 9.88 Å². The third kappa shape index (κ3) is 6.12. The minimum atomic E-state index is 0.826. The van der Waals surface area contributed by atoms with Gasteiger partial charge >= 0.3 is 0 Å². The van der Waals surface area contributed by atoms with Gasteiger partial charge in [-0.1, -0.05) is 38.5 Å². The van der Waals surface area contributed by atoms with Gasteiger partial charge in [0.2, 0.25) is 5.13 Å². The van der Waals surface area contributed by atoms with Gasteiger partial charge in [-0.2, -0.15) is 5.10 Å². The van der Waals surface area contributed by atoms with Gasteiger partial charge in [-0.25, -0.2) is 4.98 Å². The summed E-state index contributed by atoms with van der Waals surface area (Å²) in [5.41, 5.74) is 6.43. The van der Waals surface area contributed by atoms with E-state index in [1.54, 1.807) is 11.3 Å². The van der Waals surface area contributed by atoms with Crippen LogP contribution in [0.2, 0.25) is 0 Å². The van der Waals surface area contributed by atoms with E-state index >= 15 is 0 Å². The predicted octanol–water partition coefficient (Wildman–Crippen LogP) is 4.52. The van der Waals surface area contributed by atoms with E-state index < -0.39 is 0 Å². The lowest BCUT2D eigenvalue weighted by atomic mass is 10.1. The molecule has 1 N–H and O–H groups in total. The van der Waals surface area contributed by atoms with Crippen LogP contribution in [0.5, 0.6) is 0 Å². The highest BCUT2D eigenvalue weighted by Crippen LogP contribution is 2.14. The molecule has 0 unspecified atom stereocenters. The largest absolute Gasteiger partial charge is 0.299 e. The van der Waals surface area contributed by atoms with Crippen LogP contribution in [-0.4, -0.2) is 29.2 Å². The van der Waals surface area contributed by atoms with Crippen molar-refractivity contribution in [3.05, 3.63) is 46.5 Å². The maximum absolute atomic E-state index is 4.33. The quantitative estimate of drug-likeness (QED) is 0.543. The smallest absolute Gasteiger partial charge is 0.203 e. The number of nitrogens with one attached hydrogen (secondary N) is 1. The van der Waals surface area contributed by atoms with Gasteiger partial charge in [-0.3, -0.25) is 10.3 Å². The second kappa shape index (κ2) is 9.43. The topological polar surface area (TPSA) is 40.5 Å². The molecule has 0 aliphatic rings. The molecule has 1 aromatic heterocycles. The summed E-state index contributed by atoms with van der Waals surface area (Å²) in [7, 11) is 0. The molecule has 0 saturated carbocycles. The van der Waals surface area contributed by atoms with Gasteiger partial charge in [0.1, 0.15) is 0 Å². The first-order valence-electron chi connectivity index (χ1n) is 8.23. The molecule has 0 atom stereocenters. The van der Waals surface area contributed by atoms with Crippen LogP contribution in [0.15, 0.2) is 34.7 Å². The van der Waals surface area contributed by atoms with E-state index in [0.29, 0.717) is 0 Å². The SMILES string of the molecule is CCCCN(CC)Cc1cccc(C=NNc2nc(C)cs2)c1. The van der Waals surface area contributed by atoms with Crippen molar-refractivity contribution in [2.75, 3.05) is 18.5 Å². The second-order valence-corrected chi connectivity index (χ2v) is 6.49. The highest BCUT2D eigenvalue weighted by Gasteiger charge is 2.03. The van der Waals surface area contributed by atoms with Gasteiger partial charge in [0.25, 0.3) is 0 Å². The van der Waals surface area contributed by atoms with E-state index in [-0.39, 0.29) is 0 Å². The number of rotatable bonds is 9. The van der Waals surface area contributed by atoms with Crippen molar-refractivity contribution >= 4 is 22.7 Å². The molecule has 0 bridgehead atoms. The summed E-state index contributed by atoms with van der Waals surface area (Å²) in [5.74, 6) is 0. The predicted molar refractivity (Wildman–Crippen MR) is 100 cm³/mol. The zero-order chi connectivity index (χ0) is 16.5. The van der Waals surface area contributed by atoms with Crippen LogP contribution in [0.25, 0.3) is 0 Å². The number of hydrogen-bond donors (Lipinski definition) is 1. The maximum atomic E-state index is 4.33. The van der Waals surface area contributed by atoms with E-state index in [9.17, 15) is 0 Å². The number of hydrazone groups is 1. The van der Waals surface area contributed by atoms with Crippen LogP contribution in [0.1, 0.15) is 43.5 Å². The first-order chi connectivity index (χ1) is 11.2. The number of hydrogen-bond acceptors (Lipinski definition) is 5. The molecule has 0 aliphatic carbocycles. The molecule has 0 fully saturated rings. The summed E-state index contributed by atoms with van der Waals surface area (Å²) in [4.78, 5) is 6.81. The Morgan fingerprint density at radius 2 is 2.22 bits per heavy atom. The molecule has 5 heteroatoms. The Kier molecular flexibility index (Phi) is 7.23. The fourth-order valence-corrected chi connectivity index (χ4v) is 2.97. The van der Waals surface area contributed by atoms with Gasteiger partial charge in [-0.05, 0) is 43.6 Å². The lowest BCUT2D eigenvalue weighted by molar-refractivity contribution is 0.275. The summed E-state index contributed by atoms with van der Waals surface area (Å²) in [6.07, 6.45) is 4.35. The van der Waals surface area contributed by atoms with Gasteiger partial charge in [0.15, 0.2) is 0 Å². The molecule has 0 aliphatic heterocycles. The minimum Gasteiger partial charge on any atom is -0.299 e. The van der Waals surface area contributed by atoms with Crippen molar-refractivity contribution in [3.8, 4) is 0 Å². The number of aromatic nitrogens is 1. The van der Waals surface area contributed by atoms with E-state index in [2.05, 4.69) is 58.5 Å². The zero-order valence-corrected chi connectivity index (χ0v) is 15.1. The van der Waals surface area contributed by atoms with E-state index in [0.717, 1.165) is 36.0 Å². The molecule has 0 amide bonds. The fourth-order valence-electron chi connectivity index (χ4n) is 2.33. The van der Waals surface area contributed by atoms with Crippen molar-refractivity contribution in [3.63, 3.8) is 0 Å². The van der Waals surface area contributed by atoms with Crippen molar-refractivity contribution < 1.29 is 0 Å². The fraction of sp³-hybridized carbons (Fsp3) is 0.444. The Hall–Kier alpha value is -1.72. The van der Waals surface area contributed by atoms with E-state index in [4.69, 9.17) is 0 Å². The lowest BCUT2D eigenvalue weighted by Gasteiger charge is -2.20. The number of unbranched alkanes of at least 4 members (excludes halogenated alkanes) is 1. The van der Waals surface area contributed by atoms with Gasteiger partial charge in [0, 0.05) is 11.9 Å². The van der Waals surface area contributed by atoms with E-state index in [1.807, 2.05) is 18.5 Å². The Balaban J connectivity index is 1.93. The standard InChI is InChI=1S/C18H26N4S/c1-4-6-10-22(5-2)13-17-9-7-8-16(11-17)12-19-21-18-20-15(3)14-23-18/h7-9,11-12,14H,4-6,10,13H2,1-3H3,(H,20,21). The lowest BCUT2D eigenvalue weighted by Crippen LogP contribution is -2.23. The van der Waals surface area contributed by atoms with Crippen molar-refractivity contribution in [2.45, 2.75) is 40.2 Å². The number of nitrogens with zero attached hydrogens (tertiary/aromatic N) is 3. The molecule has 23 heavy (non-hydrogen) atoms. The molecule has 0 radical (unpaired) electrons. The van der Waals surface area contributed by atoms with Crippen LogP contribution in [0.3, 0.4) is 0 Å². The Morgan fingerprint density at radius 3 is 2.91 bits per heavy atom. The van der Waals surface area contributed by atoms with Crippen LogP contribution >= 0.6 is 11.3 Å². The van der Waals surface area contributed by atoms with Crippen molar-refractivity contribution in [1.29, 1.82) is 0 Å². The van der Waals surface area contributed by atoms with Gasteiger partial charge in [0.05, 0.1) is 11.9 Å². The van der Waals surface area contributed by atoms with E-state index in [1.165, 1.54) is 18.4 Å². The molecular formula is C18H26N4S. The van der Waals surface area contributed by atoms with Crippen LogP contribution in [0, 0.1) is 6.92 Å². The molecular weight excluding hydrogens is 304 g/mol. The number of anilines is 1. The first-order valence-corrected chi connectivity index (χ1v) is 9.11. The third-order valence-corrected chi connectivity index (χ3v) is 4.49.